The van der Waals surface area contributed by atoms with Crippen LogP contribution in [0.3, 0.4) is 0 Å². The molecule has 2 aliphatic rings. The number of carbonyl (C=O) groups is 1. The molecule has 96 valence electrons. The smallest absolute Gasteiger partial charge is 0.255 e. The lowest BCUT2D eigenvalue weighted by Gasteiger charge is -2.20. The van der Waals surface area contributed by atoms with Gasteiger partial charge in [0.2, 0.25) is 0 Å². The van der Waals surface area contributed by atoms with Crippen molar-refractivity contribution in [3.63, 3.8) is 0 Å². The molecule has 0 saturated heterocycles. The van der Waals surface area contributed by atoms with Gasteiger partial charge >= 0.3 is 0 Å². The first-order valence-electron chi connectivity index (χ1n) is 6.79. The Morgan fingerprint density at radius 2 is 2.11 bits per heavy atom. The summed E-state index contributed by atoms with van der Waals surface area (Å²) in [6, 6.07) is 7.93. The first-order chi connectivity index (χ1) is 8.84. The Morgan fingerprint density at radius 1 is 1.28 bits per heavy atom. The molecule has 18 heavy (non-hydrogen) atoms. The first-order valence-corrected chi connectivity index (χ1v) is 6.79. The molecule has 3 rings (SSSR count). The Kier molecular flexibility index (Phi) is 3.33. The molecule has 0 unspecified atom stereocenters. The molecule has 1 aliphatic carbocycles. The average Bonchev–Trinajstić information content (AvgIpc) is 3.21. The van der Waals surface area contributed by atoms with E-state index in [4.69, 9.17) is 4.74 Å². The fourth-order valence-electron chi connectivity index (χ4n) is 2.42. The van der Waals surface area contributed by atoms with E-state index in [0.29, 0.717) is 6.73 Å². The maximum Gasteiger partial charge on any atom is 0.255 e. The van der Waals surface area contributed by atoms with E-state index in [2.05, 4.69) is 6.07 Å². The molecule has 3 heteroatoms. The van der Waals surface area contributed by atoms with Gasteiger partial charge < -0.3 is 9.64 Å². The summed E-state index contributed by atoms with van der Waals surface area (Å²) in [5.74, 6) is 0.873. The Labute approximate surface area is 108 Å². The summed E-state index contributed by atoms with van der Waals surface area (Å²) >= 11 is 0. The van der Waals surface area contributed by atoms with Gasteiger partial charge in [-0.25, -0.2) is 0 Å². The van der Waals surface area contributed by atoms with Crippen molar-refractivity contribution < 1.29 is 9.53 Å². The maximum absolute atomic E-state index is 12.4. The second kappa shape index (κ2) is 5.11. The third kappa shape index (κ3) is 2.56. The van der Waals surface area contributed by atoms with Crippen LogP contribution in [-0.2, 0) is 11.2 Å². The van der Waals surface area contributed by atoms with Crippen LogP contribution in [-0.4, -0.2) is 30.7 Å². The van der Waals surface area contributed by atoms with Crippen LogP contribution in [0.1, 0.15) is 35.2 Å². The Hall–Kier alpha value is -1.35. The predicted molar refractivity (Wildman–Crippen MR) is 69.3 cm³/mol. The number of fused-ring (bicyclic) bond motifs is 1. The zero-order chi connectivity index (χ0) is 12.4. The largest absolute Gasteiger partial charge is 0.361 e. The number of ether oxygens (including phenoxy) is 1. The van der Waals surface area contributed by atoms with E-state index >= 15 is 0 Å². The number of carbonyl (C=O) groups excluding carboxylic acids is 1. The van der Waals surface area contributed by atoms with E-state index in [9.17, 15) is 4.79 Å². The van der Waals surface area contributed by atoms with Crippen LogP contribution in [0.25, 0.3) is 0 Å². The fourth-order valence-corrected chi connectivity index (χ4v) is 2.42. The molecule has 1 amide bonds. The van der Waals surface area contributed by atoms with Crippen LogP contribution in [0, 0.1) is 5.92 Å². The van der Waals surface area contributed by atoms with Gasteiger partial charge in [0.25, 0.3) is 5.91 Å². The minimum Gasteiger partial charge on any atom is -0.361 e. The molecule has 1 aromatic carbocycles. The summed E-state index contributed by atoms with van der Waals surface area (Å²) in [7, 11) is 0. The van der Waals surface area contributed by atoms with Gasteiger partial charge in [0, 0.05) is 12.1 Å². The fraction of sp³-hybridized carbons (Fsp3) is 0.533. The van der Waals surface area contributed by atoms with E-state index in [1.807, 2.05) is 23.1 Å². The van der Waals surface area contributed by atoms with Gasteiger partial charge in [-0.05, 0) is 43.2 Å². The quantitative estimate of drug-likeness (QED) is 0.815. The number of hydrogen-bond acceptors (Lipinski definition) is 2. The van der Waals surface area contributed by atoms with Crippen LogP contribution < -0.4 is 0 Å². The second-order valence-corrected chi connectivity index (χ2v) is 5.27. The lowest BCUT2D eigenvalue weighted by Crippen LogP contribution is -2.33. The normalized spacial score (nSPS) is 19.6. The summed E-state index contributed by atoms with van der Waals surface area (Å²) in [5.41, 5.74) is 2.03. The van der Waals surface area contributed by atoms with Gasteiger partial charge in [0.15, 0.2) is 0 Å². The average molecular weight is 245 g/mol. The van der Waals surface area contributed by atoms with Gasteiger partial charge in [-0.2, -0.15) is 0 Å². The van der Waals surface area contributed by atoms with Crippen molar-refractivity contribution in [1.29, 1.82) is 0 Å². The maximum atomic E-state index is 12.4. The van der Waals surface area contributed by atoms with Gasteiger partial charge in [-0.1, -0.05) is 18.2 Å². The third-order valence-corrected chi connectivity index (χ3v) is 3.71. The number of nitrogens with zero attached hydrogens (tertiary/aromatic N) is 1. The third-order valence-electron chi connectivity index (χ3n) is 3.71. The lowest BCUT2D eigenvalue weighted by atomic mass is 10.0. The second-order valence-electron chi connectivity index (χ2n) is 5.27. The summed E-state index contributed by atoms with van der Waals surface area (Å²) in [5, 5.41) is 0. The molecule has 0 aromatic heterocycles. The molecule has 0 atom stereocenters. The van der Waals surface area contributed by atoms with Crippen molar-refractivity contribution in [3.8, 4) is 0 Å². The van der Waals surface area contributed by atoms with E-state index < -0.39 is 0 Å². The minimum absolute atomic E-state index is 0.124. The molecule has 1 heterocycles. The number of hydrogen-bond donors (Lipinski definition) is 0. The number of benzene rings is 1. The van der Waals surface area contributed by atoms with E-state index in [1.54, 1.807) is 0 Å². The Balaban J connectivity index is 1.66. The van der Waals surface area contributed by atoms with Crippen molar-refractivity contribution in [2.45, 2.75) is 25.7 Å². The molecule has 0 radical (unpaired) electrons. The van der Waals surface area contributed by atoms with Crippen LogP contribution in [0.15, 0.2) is 24.3 Å². The monoisotopic (exact) mass is 245 g/mol. The Morgan fingerprint density at radius 3 is 2.94 bits per heavy atom. The molecule has 1 aliphatic heterocycles. The van der Waals surface area contributed by atoms with E-state index in [-0.39, 0.29) is 5.91 Å². The molecule has 3 nitrogen and oxygen atoms in total. The Bertz CT molecular complexity index is 440. The standard InChI is InChI=1S/C15H19NO2/c17-15-14-6-2-1-4-13(14)5-3-9-16(15)11-18-10-12-7-8-12/h1-2,4,6,12H,3,5,7-11H2. The lowest BCUT2D eigenvalue weighted by molar-refractivity contribution is 0.0211. The first kappa shape index (κ1) is 11.7. The molecule has 0 bridgehead atoms. The summed E-state index contributed by atoms with van der Waals surface area (Å²) in [4.78, 5) is 14.2. The summed E-state index contributed by atoms with van der Waals surface area (Å²) in [6.45, 7) is 2.06. The van der Waals surface area contributed by atoms with E-state index in [0.717, 1.165) is 37.5 Å². The molecule has 1 aromatic rings. The SMILES string of the molecule is O=C1c2ccccc2CCCN1COCC1CC1. The summed E-state index contributed by atoms with van der Waals surface area (Å²) < 4.78 is 5.64. The van der Waals surface area contributed by atoms with Crippen LogP contribution >= 0.6 is 0 Å². The zero-order valence-corrected chi connectivity index (χ0v) is 10.6. The van der Waals surface area contributed by atoms with Crippen LogP contribution in [0.5, 0.6) is 0 Å². The highest BCUT2D eigenvalue weighted by molar-refractivity contribution is 5.96. The van der Waals surface area contributed by atoms with Crippen molar-refractivity contribution in [2.24, 2.45) is 5.92 Å². The zero-order valence-electron chi connectivity index (χ0n) is 10.6. The topological polar surface area (TPSA) is 29.5 Å². The number of rotatable bonds is 4. The van der Waals surface area contributed by atoms with Gasteiger partial charge in [-0.15, -0.1) is 0 Å². The number of aryl methyl sites for hydroxylation is 1. The molecular formula is C15H19NO2. The molecule has 1 fully saturated rings. The highest BCUT2D eigenvalue weighted by Crippen LogP contribution is 2.29. The van der Waals surface area contributed by atoms with E-state index in [1.165, 1.54) is 18.4 Å². The summed E-state index contributed by atoms with van der Waals surface area (Å²) in [6.07, 6.45) is 4.59. The van der Waals surface area contributed by atoms with Crippen LogP contribution in [0.2, 0.25) is 0 Å². The predicted octanol–water partition coefficient (Wildman–Crippen LogP) is 2.46. The van der Waals surface area contributed by atoms with Crippen LogP contribution in [0.4, 0.5) is 0 Å². The molecular weight excluding hydrogens is 226 g/mol. The molecule has 1 saturated carbocycles. The van der Waals surface area contributed by atoms with Crippen molar-refractivity contribution in [2.75, 3.05) is 19.9 Å². The van der Waals surface area contributed by atoms with Crippen molar-refractivity contribution in [3.05, 3.63) is 35.4 Å². The van der Waals surface area contributed by atoms with Gasteiger partial charge in [0.1, 0.15) is 6.73 Å². The van der Waals surface area contributed by atoms with Crippen molar-refractivity contribution >= 4 is 5.91 Å². The van der Waals surface area contributed by atoms with Gasteiger partial charge in [0.05, 0.1) is 6.61 Å². The van der Waals surface area contributed by atoms with Gasteiger partial charge in [-0.3, -0.25) is 4.79 Å². The highest BCUT2D eigenvalue weighted by Gasteiger charge is 2.24. The minimum atomic E-state index is 0.124. The molecule has 0 spiro atoms. The van der Waals surface area contributed by atoms with Crippen molar-refractivity contribution in [1.82, 2.24) is 4.90 Å². The highest BCUT2D eigenvalue weighted by atomic mass is 16.5. The number of amides is 1. The molecule has 0 N–H and O–H groups in total.